The first-order valence-corrected chi connectivity index (χ1v) is 9.17. The smallest absolute Gasteiger partial charge is 0.356 e. The fourth-order valence-corrected chi connectivity index (χ4v) is 2.84. The molecule has 0 spiro atoms. The van der Waals surface area contributed by atoms with Crippen molar-refractivity contribution in [2.24, 2.45) is 0 Å². The number of esters is 1. The van der Waals surface area contributed by atoms with Crippen molar-refractivity contribution in [1.82, 2.24) is 20.2 Å². The molecule has 0 unspecified atom stereocenters. The minimum Gasteiger partial charge on any atom is -0.464 e. The summed E-state index contributed by atoms with van der Waals surface area (Å²) in [6.07, 6.45) is 2.68. The minimum absolute atomic E-state index is 0.117. The van der Waals surface area contributed by atoms with Crippen LogP contribution in [0.1, 0.15) is 40.5 Å². The number of H-pyrrole nitrogens is 1. The number of ether oxygens (including phenoxy) is 1. The molecule has 1 aliphatic carbocycles. The van der Waals surface area contributed by atoms with Crippen LogP contribution in [0.5, 0.6) is 0 Å². The van der Waals surface area contributed by atoms with Crippen molar-refractivity contribution in [1.29, 1.82) is 5.26 Å². The highest BCUT2D eigenvalue weighted by atomic mass is 16.5. The predicted octanol–water partition coefficient (Wildman–Crippen LogP) is 3.42. The Morgan fingerprint density at radius 2 is 2.00 bits per heavy atom. The van der Waals surface area contributed by atoms with E-state index in [1.165, 1.54) is 26.0 Å². The lowest BCUT2D eigenvalue weighted by molar-refractivity contribution is 0.0594. The molecule has 0 amide bonds. The first kappa shape index (κ1) is 18.4. The highest BCUT2D eigenvalue weighted by Crippen LogP contribution is 2.39. The Morgan fingerprint density at radius 3 is 2.69 bits per heavy atom. The Hall–Kier alpha value is -3.93. The van der Waals surface area contributed by atoms with E-state index < -0.39 is 5.97 Å². The summed E-state index contributed by atoms with van der Waals surface area (Å²) in [5.41, 5.74) is 2.85. The van der Waals surface area contributed by atoms with Crippen molar-refractivity contribution in [3.63, 3.8) is 0 Å². The van der Waals surface area contributed by atoms with Gasteiger partial charge in [0.05, 0.1) is 19.6 Å². The number of carbonyl (C=O) groups excluding carboxylic acids is 1. The summed E-state index contributed by atoms with van der Waals surface area (Å²) in [6.45, 7) is 0. The highest BCUT2D eigenvalue weighted by Gasteiger charge is 2.25. The fourth-order valence-electron chi connectivity index (χ4n) is 2.84. The Labute approximate surface area is 167 Å². The predicted molar refractivity (Wildman–Crippen MR) is 106 cm³/mol. The van der Waals surface area contributed by atoms with E-state index in [9.17, 15) is 4.79 Å². The molecule has 29 heavy (non-hydrogen) atoms. The molecule has 1 aromatic carbocycles. The van der Waals surface area contributed by atoms with E-state index in [1.54, 1.807) is 0 Å². The summed E-state index contributed by atoms with van der Waals surface area (Å²) in [4.78, 5) is 20.7. The van der Waals surface area contributed by atoms with Gasteiger partial charge in [-0.15, -0.1) is 0 Å². The summed E-state index contributed by atoms with van der Waals surface area (Å²) < 4.78 is 4.80. The number of rotatable bonds is 7. The van der Waals surface area contributed by atoms with Crippen molar-refractivity contribution in [3.05, 3.63) is 53.3 Å². The number of nitrogens with one attached hydrogen (secondary N) is 3. The third-order valence-corrected chi connectivity index (χ3v) is 4.48. The molecule has 1 fully saturated rings. The lowest BCUT2D eigenvalue weighted by Crippen LogP contribution is -2.09. The largest absolute Gasteiger partial charge is 0.464 e. The van der Waals surface area contributed by atoms with Gasteiger partial charge in [-0.2, -0.15) is 15.3 Å². The van der Waals surface area contributed by atoms with E-state index in [1.807, 2.05) is 30.3 Å². The second-order valence-corrected chi connectivity index (χ2v) is 6.72. The number of carbonyl (C=O) groups is 1. The molecule has 2 heterocycles. The van der Waals surface area contributed by atoms with E-state index >= 15 is 0 Å². The Morgan fingerprint density at radius 1 is 1.21 bits per heavy atom. The van der Waals surface area contributed by atoms with Gasteiger partial charge in [0.2, 0.25) is 5.95 Å². The molecule has 0 saturated heterocycles. The van der Waals surface area contributed by atoms with Gasteiger partial charge in [0.1, 0.15) is 5.82 Å². The van der Waals surface area contributed by atoms with Crippen LogP contribution in [-0.4, -0.2) is 33.2 Å². The molecular formula is C20H19N7O2. The van der Waals surface area contributed by atoms with Crippen molar-refractivity contribution < 1.29 is 9.53 Å². The summed E-state index contributed by atoms with van der Waals surface area (Å²) in [5.74, 6) is 1.26. The van der Waals surface area contributed by atoms with E-state index in [-0.39, 0.29) is 11.6 Å². The minimum atomic E-state index is -0.566. The number of hydrogen-bond donors (Lipinski definition) is 3. The number of aromatic nitrogens is 4. The Kier molecular flexibility index (Phi) is 5.07. The number of hydrogen-bond acceptors (Lipinski definition) is 8. The van der Waals surface area contributed by atoms with Crippen LogP contribution < -0.4 is 10.6 Å². The molecule has 3 N–H and O–H groups in total. The third-order valence-electron chi connectivity index (χ3n) is 4.48. The van der Waals surface area contributed by atoms with Crippen molar-refractivity contribution in [2.45, 2.75) is 25.2 Å². The molecule has 0 bridgehead atoms. The molecule has 9 nitrogen and oxygen atoms in total. The maximum Gasteiger partial charge on any atom is 0.356 e. The number of anilines is 4. The lowest BCUT2D eigenvalue weighted by Gasteiger charge is -2.10. The molecule has 0 aliphatic heterocycles. The van der Waals surface area contributed by atoms with Gasteiger partial charge in [-0.25, -0.2) is 9.78 Å². The Balaban J connectivity index is 1.57. The van der Waals surface area contributed by atoms with Crippen molar-refractivity contribution in [2.75, 3.05) is 17.7 Å². The zero-order valence-electron chi connectivity index (χ0n) is 15.8. The zero-order valence-corrected chi connectivity index (χ0v) is 15.8. The standard InChI is InChI=1S/C20H19N7O2/c1-29-19(28)16-11-17(24-18-10-15(26-27-18)13-4-5-13)25-20(23-16)22-14-6-2-12(3-7-14)8-9-21/h2-3,6-7,10-11,13H,4-5,8H2,1H3,(H3,22,23,24,25,26,27). The number of methoxy groups -OCH3 is 1. The lowest BCUT2D eigenvalue weighted by atomic mass is 10.1. The monoisotopic (exact) mass is 389 g/mol. The Bertz CT molecular complexity index is 1070. The molecular weight excluding hydrogens is 370 g/mol. The summed E-state index contributed by atoms with van der Waals surface area (Å²) >= 11 is 0. The average molecular weight is 389 g/mol. The SMILES string of the molecule is COC(=O)c1cc(Nc2cc(C3CC3)[nH]n2)nc(Nc2ccc(CC#N)cc2)n1. The highest BCUT2D eigenvalue weighted by molar-refractivity contribution is 5.88. The molecule has 1 aliphatic rings. The summed E-state index contributed by atoms with van der Waals surface area (Å²) in [7, 11) is 1.30. The second kappa shape index (κ2) is 7.98. The maximum atomic E-state index is 12.0. The fraction of sp³-hybridized carbons (Fsp3) is 0.250. The maximum absolute atomic E-state index is 12.0. The number of benzene rings is 1. The van der Waals surface area contributed by atoms with Crippen molar-refractivity contribution in [3.8, 4) is 6.07 Å². The van der Waals surface area contributed by atoms with Gasteiger partial charge in [-0.1, -0.05) is 12.1 Å². The molecule has 4 rings (SSSR count). The normalized spacial score (nSPS) is 12.8. The van der Waals surface area contributed by atoms with Crippen LogP contribution in [-0.2, 0) is 11.2 Å². The third kappa shape index (κ3) is 4.50. The van der Waals surface area contributed by atoms with E-state index in [4.69, 9.17) is 10.00 Å². The van der Waals surface area contributed by atoms with Gasteiger partial charge in [0.25, 0.3) is 0 Å². The van der Waals surface area contributed by atoms with Gasteiger partial charge in [-0.3, -0.25) is 5.10 Å². The van der Waals surface area contributed by atoms with Crippen LogP contribution >= 0.6 is 0 Å². The van der Waals surface area contributed by atoms with Crippen LogP contribution in [0.25, 0.3) is 0 Å². The summed E-state index contributed by atoms with van der Waals surface area (Å²) in [6, 6.07) is 12.9. The molecule has 146 valence electrons. The average Bonchev–Trinajstić information content (AvgIpc) is 3.48. The van der Waals surface area contributed by atoms with E-state index in [0.29, 0.717) is 24.0 Å². The van der Waals surface area contributed by atoms with Gasteiger partial charge in [0.15, 0.2) is 11.5 Å². The molecule has 0 radical (unpaired) electrons. The molecule has 1 saturated carbocycles. The van der Waals surface area contributed by atoms with Crippen LogP contribution in [0.15, 0.2) is 36.4 Å². The van der Waals surface area contributed by atoms with Crippen LogP contribution in [0, 0.1) is 11.3 Å². The quantitative estimate of drug-likeness (QED) is 0.524. The van der Waals surface area contributed by atoms with Gasteiger partial charge in [-0.05, 0) is 30.5 Å². The van der Waals surface area contributed by atoms with E-state index in [2.05, 4.69) is 36.9 Å². The second-order valence-electron chi connectivity index (χ2n) is 6.72. The first-order valence-electron chi connectivity index (χ1n) is 9.17. The van der Waals surface area contributed by atoms with Crippen LogP contribution in [0.3, 0.4) is 0 Å². The molecule has 2 aromatic heterocycles. The number of nitriles is 1. The zero-order chi connectivity index (χ0) is 20.2. The first-order chi connectivity index (χ1) is 14.1. The number of aromatic amines is 1. The van der Waals surface area contributed by atoms with Crippen molar-refractivity contribution >= 4 is 29.2 Å². The topological polar surface area (TPSA) is 129 Å². The van der Waals surface area contributed by atoms with Crippen LogP contribution in [0.4, 0.5) is 23.3 Å². The van der Waals surface area contributed by atoms with E-state index in [0.717, 1.165) is 16.9 Å². The van der Waals surface area contributed by atoms with Gasteiger partial charge in [0, 0.05) is 29.4 Å². The molecule has 3 aromatic rings. The summed E-state index contributed by atoms with van der Waals surface area (Å²) in [5, 5.41) is 22.2. The number of nitrogens with zero attached hydrogens (tertiary/aromatic N) is 4. The molecule has 0 atom stereocenters. The van der Waals surface area contributed by atoms with Crippen LogP contribution in [0.2, 0.25) is 0 Å². The van der Waals surface area contributed by atoms with Gasteiger partial charge >= 0.3 is 5.97 Å². The van der Waals surface area contributed by atoms with Gasteiger partial charge < -0.3 is 15.4 Å². The molecule has 9 heteroatoms.